The molecule has 0 aliphatic heterocycles. The van der Waals surface area contributed by atoms with Crippen molar-refractivity contribution in [3.05, 3.63) is 88.7 Å². The quantitative estimate of drug-likeness (QED) is 0.641. The van der Waals surface area contributed by atoms with Crippen LogP contribution in [0.3, 0.4) is 0 Å². The molecule has 3 rings (SSSR count). The second-order valence-electron chi connectivity index (χ2n) is 6.13. The third-order valence-electron chi connectivity index (χ3n) is 4.06. The molecule has 1 amide bonds. The lowest BCUT2D eigenvalue weighted by Gasteiger charge is -2.09. The molecule has 2 aromatic carbocycles. The summed E-state index contributed by atoms with van der Waals surface area (Å²) in [5, 5.41) is 3.14. The Morgan fingerprint density at radius 3 is 2.50 bits per heavy atom. The van der Waals surface area contributed by atoms with Gasteiger partial charge in [-0.05, 0) is 54.4 Å². The van der Waals surface area contributed by atoms with Crippen molar-refractivity contribution in [3.63, 3.8) is 0 Å². The molecule has 0 saturated carbocycles. The SMILES string of the molecule is Cc1ccc(S(=O)(=O)NCc2ccc(C(=O)Nc3cccnc3)cc2)cc1Cl. The normalized spacial score (nSPS) is 11.2. The topological polar surface area (TPSA) is 88.2 Å². The number of carbonyl (C=O) groups excluding carboxylic acids is 1. The number of rotatable bonds is 6. The molecule has 0 spiro atoms. The summed E-state index contributed by atoms with van der Waals surface area (Å²) < 4.78 is 27.3. The number of pyridine rings is 1. The third kappa shape index (κ3) is 4.95. The van der Waals surface area contributed by atoms with E-state index in [-0.39, 0.29) is 17.3 Å². The molecule has 0 bridgehead atoms. The van der Waals surface area contributed by atoms with Gasteiger partial charge in [-0.25, -0.2) is 13.1 Å². The van der Waals surface area contributed by atoms with Crippen molar-refractivity contribution in [2.24, 2.45) is 0 Å². The highest BCUT2D eigenvalue weighted by Gasteiger charge is 2.15. The molecule has 8 heteroatoms. The Labute approximate surface area is 168 Å². The van der Waals surface area contributed by atoms with Crippen LogP contribution in [0.15, 0.2) is 71.9 Å². The molecule has 6 nitrogen and oxygen atoms in total. The second kappa shape index (κ2) is 8.52. The summed E-state index contributed by atoms with van der Waals surface area (Å²) in [4.78, 5) is 16.3. The molecule has 0 aliphatic rings. The Morgan fingerprint density at radius 2 is 1.86 bits per heavy atom. The third-order valence-corrected chi connectivity index (χ3v) is 5.86. The molecule has 28 heavy (non-hydrogen) atoms. The number of sulfonamides is 1. The summed E-state index contributed by atoms with van der Waals surface area (Å²) in [7, 11) is -3.69. The molecule has 3 aromatic rings. The van der Waals surface area contributed by atoms with Gasteiger partial charge < -0.3 is 5.32 Å². The highest BCUT2D eigenvalue weighted by molar-refractivity contribution is 7.89. The van der Waals surface area contributed by atoms with Gasteiger partial charge in [0.15, 0.2) is 0 Å². The van der Waals surface area contributed by atoms with Gasteiger partial charge in [-0.3, -0.25) is 9.78 Å². The minimum atomic E-state index is -3.69. The monoisotopic (exact) mass is 415 g/mol. The molecule has 1 aromatic heterocycles. The van der Waals surface area contributed by atoms with Crippen molar-refractivity contribution in [1.82, 2.24) is 9.71 Å². The predicted molar refractivity (Wildman–Crippen MR) is 109 cm³/mol. The smallest absolute Gasteiger partial charge is 0.255 e. The Balaban J connectivity index is 1.64. The lowest BCUT2D eigenvalue weighted by molar-refractivity contribution is 0.102. The Morgan fingerprint density at radius 1 is 1.11 bits per heavy atom. The number of nitrogens with zero attached hydrogens (tertiary/aromatic N) is 1. The zero-order valence-corrected chi connectivity index (χ0v) is 16.6. The summed E-state index contributed by atoms with van der Waals surface area (Å²) >= 11 is 6.01. The number of aryl methyl sites for hydroxylation is 1. The highest BCUT2D eigenvalue weighted by atomic mass is 35.5. The second-order valence-corrected chi connectivity index (χ2v) is 8.30. The number of carbonyl (C=O) groups is 1. The Kier molecular flexibility index (Phi) is 6.08. The van der Waals surface area contributed by atoms with Gasteiger partial charge in [-0.15, -0.1) is 0 Å². The van der Waals surface area contributed by atoms with Gasteiger partial charge in [0.2, 0.25) is 10.0 Å². The van der Waals surface area contributed by atoms with Crippen LogP contribution in [-0.4, -0.2) is 19.3 Å². The van der Waals surface area contributed by atoms with Crippen molar-refractivity contribution in [3.8, 4) is 0 Å². The number of halogens is 1. The standard InChI is InChI=1S/C20H18ClN3O3S/c1-14-4-9-18(11-19(14)21)28(26,27)23-12-15-5-7-16(8-6-15)20(25)24-17-3-2-10-22-13-17/h2-11,13,23H,12H2,1H3,(H,24,25). The fourth-order valence-electron chi connectivity index (χ4n) is 2.42. The van der Waals surface area contributed by atoms with Crippen molar-refractivity contribution < 1.29 is 13.2 Å². The van der Waals surface area contributed by atoms with Gasteiger partial charge in [0, 0.05) is 23.3 Å². The van der Waals surface area contributed by atoms with E-state index in [1.165, 1.54) is 12.1 Å². The van der Waals surface area contributed by atoms with E-state index in [9.17, 15) is 13.2 Å². The number of benzene rings is 2. The van der Waals surface area contributed by atoms with Crippen LogP contribution >= 0.6 is 11.6 Å². The van der Waals surface area contributed by atoms with E-state index < -0.39 is 10.0 Å². The van der Waals surface area contributed by atoms with Crippen molar-refractivity contribution in [1.29, 1.82) is 0 Å². The largest absolute Gasteiger partial charge is 0.321 e. The molecule has 0 atom stereocenters. The van der Waals surface area contributed by atoms with Gasteiger partial charge in [0.05, 0.1) is 16.8 Å². The van der Waals surface area contributed by atoms with Gasteiger partial charge in [0.1, 0.15) is 0 Å². The van der Waals surface area contributed by atoms with Crippen LogP contribution in [0.2, 0.25) is 5.02 Å². The van der Waals surface area contributed by atoms with Crippen LogP contribution in [0.1, 0.15) is 21.5 Å². The molecule has 1 heterocycles. The van der Waals surface area contributed by atoms with Gasteiger partial charge >= 0.3 is 0 Å². The van der Waals surface area contributed by atoms with E-state index in [1.807, 2.05) is 0 Å². The average Bonchev–Trinajstić information content (AvgIpc) is 2.69. The first-order valence-electron chi connectivity index (χ1n) is 8.41. The Hall–Kier alpha value is -2.74. The summed E-state index contributed by atoms with van der Waals surface area (Å²) in [5.74, 6) is -0.269. The summed E-state index contributed by atoms with van der Waals surface area (Å²) in [6.45, 7) is 1.90. The lowest BCUT2D eigenvalue weighted by atomic mass is 10.1. The van der Waals surface area contributed by atoms with Crippen molar-refractivity contribution in [2.45, 2.75) is 18.4 Å². The first kappa shape index (κ1) is 20.0. The van der Waals surface area contributed by atoms with E-state index in [0.29, 0.717) is 16.3 Å². The molecule has 0 aliphatic carbocycles. The fourth-order valence-corrected chi connectivity index (χ4v) is 3.71. The van der Waals surface area contributed by atoms with Crippen LogP contribution < -0.4 is 10.0 Å². The molecule has 0 saturated heterocycles. The van der Waals surface area contributed by atoms with Crippen molar-refractivity contribution >= 4 is 33.2 Å². The van der Waals surface area contributed by atoms with Gasteiger partial charge in [-0.1, -0.05) is 29.8 Å². The summed E-state index contributed by atoms with van der Waals surface area (Å²) in [5.41, 5.74) is 2.59. The zero-order valence-electron chi connectivity index (χ0n) is 15.0. The maximum Gasteiger partial charge on any atom is 0.255 e. The summed E-state index contributed by atoms with van der Waals surface area (Å²) in [6, 6.07) is 14.7. The maximum absolute atomic E-state index is 12.4. The molecule has 0 unspecified atom stereocenters. The number of nitrogens with one attached hydrogen (secondary N) is 2. The van der Waals surface area contributed by atoms with E-state index in [0.717, 1.165) is 11.1 Å². The summed E-state index contributed by atoms with van der Waals surface area (Å²) in [6.07, 6.45) is 3.18. The molecule has 144 valence electrons. The predicted octanol–water partition coefficient (Wildman–Crippen LogP) is 3.77. The zero-order chi connectivity index (χ0) is 20.1. The fraction of sp³-hybridized carbons (Fsp3) is 0.100. The molecular weight excluding hydrogens is 398 g/mol. The molecule has 0 fully saturated rings. The number of hydrogen-bond acceptors (Lipinski definition) is 4. The lowest BCUT2D eigenvalue weighted by Crippen LogP contribution is -2.23. The van der Waals surface area contributed by atoms with E-state index in [1.54, 1.807) is 61.8 Å². The first-order chi connectivity index (χ1) is 13.3. The van der Waals surface area contributed by atoms with Crippen LogP contribution in [0, 0.1) is 6.92 Å². The minimum absolute atomic E-state index is 0.0956. The number of aromatic nitrogens is 1. The van der Waals surface area contributed by atoms with Crippen LogP contribution in [0.4, 0.5) is 5.69 Å². The van der Waals surface area contributed by atoms with Crippen LogP contribution in [-0.2, 0) is 16.6 Å². The molecule has 2 N–H and O–H groups in total. The van der Waals surface area contributed by atoms with E-state index >= 15 is 0 Å². The maximum atomic E-state index is 12.4. The Bertz CT molecular complexity index is 1090. The van der Waals surface area contributed by atoms with Crippen LogP contribution in [0.5, 0.6) is 0 Å². The molecule has 0 radical (unpaired) electrons. The van der Waals surface area contributed by atoms with Crippen molar-refractivity contribution in [2.75, 3.05) is 5.32 Å². The minimum Gasteiger partial charge on any atom is -0.321 e. The van der Waals surface area contributed by atoms with Gasteiger partial charge in [0.25, 0.3) is 5.91 Å². The highest BCUT2D eigenvalue weighted by Crippen LogP contribution is 2.20. The average molecular weight is 416 g/mol. The number of hydrogen-bond donors (Lipinski definition) is 2. The van der Waals surface area contributed by atoms with E-state index in [4.69, 9.17) is 11.6 Å². The number of anilines is 1. The van der Waals surface area contributed by atoms with Gasteiger partial charge in [-0.2, -0.15) is 0 Å². The number of amides is 1. The van der Waals surface area contributed by atoms with Crippen LogP contribution in [0.25, 0.3) is 0 Å². The van der Waals surface area contributed by atoms with E-state index in [2.05, 4.69) is 15.0 Å². The first-order valence-corrected chi connectivity index (χ1v) is 10.3. The molecular formula is C20H18ClN3O3S.